The van der Waals surface area contributed by atoms with Crippen molar-refractivity contribution in [2.45, 2.75) is 0 Å². The highest BCUT2D eigenvalue weighted by molar-refractivity contribution is 5.97. The van der Waals surface area contributed by atoms with Gasteiger partial charge in [-0.2, -0.15) is 0 Å². The van der Waals surface area contributed by atoms with E-state index in [9.17, 15) is 14.3 Å². The van der Waals surface area contributed by atoms with E-state index < -0.39 is 5.97 Å². The van der Waals surface area contributed by atoms with Crippen LogP contribution in [0.5, 0.6) is 11.5 Å². The number of aromatic hydroxyl groups is 1. The smallest absolute Gasteiger partial charge is 0.343 e. The molecule has 0 atom stereocenters. The normalized spacial score (nSPS) is 10.7. The van der Waals surface area contributed by atoms with Crippen LogP contribution in [0.3, 0.4) is 0 Å². The van der Waals surface area contributed by atoms with E-state index in [4.69, 9.17) is 4.74 Å². The molecule has 0 radical (unpaired) electrons. The lowest BCUT2D eigenvalue weighted by molar-refractivity contribution is 0.0735. The first-order valence-corrected chi connectivity index (χ1v) is 8.41. The molecule has 132 valence electrons. The molecule has 0 bridgehead atoms. The van der Waals surface area contributed by atoms with Crippen LogP contribution in [-0.2, 0) is 0 Å². The minimum Gasteiger partial charge on any atom is -0.507 e. The molecule has 0 aliphatic heterocycles. The Morgan fingerprint density at radius 1 is 0.815 bits per heavy atom. The Morgan fingerprint density at radius 3 is 2.33 bits per heavy atom. The molecular formula is C23H15FO3. The van der Waals surface area contributed by atoms with E-state index in [-0.39, 0.29) is 17.3 Å². The first-order valence-electron chi connectivity index (χ1n) is 8.41. The Morgan fingerprint density at radius 2 is 1.56 bits per heavy atom. The maximum atomic E-state index is 13.2. The summed E-state index contributed by atoms with van der Waals surface area (Å²) in [6.07, 6.45) is 0. The largest absolute Gasteiger partial charge is 0.507 e. The number of carbonyl (C=O) groups is 1. The third-order valence-corrected chi connectivity index (χ3v) is 4.32. The lowest BCUT2D eigenvalue weighted by atomic mass is 10.0. The minimum absolute atomic E-state index is 0.0505. The summed E-state index contributed by atoms with van der Waals surface area (Å²) in [7, 11) is 0. The van der Waals surface area contributed by atoms with E-state index in [0.717, 1.165) is 10.8 Å². The molecule has 0 saturated carbocycles. The van der Waals surface area contributed by atoms with Crippen molar-refractivity contribution in [1.82, 2.24) is 0 Å². The molecule has 0 aliphatic carbocycles. The second-order valence-electron chi connectivity index (χ2n) is 6.11. The fourth-order valence-corrected chi connectivity index (χ4v) is 2.99. The van der Waals surface area contributed by atoms with Gasteiger partial charge in [-0.05, 0) is 52.7 Å². The number of ether oxygens (including phenoxy) is 1. The van der Waals surface area contributed by atoms with Crippen LogP contribution < -0.4 is 4.74 Å². The molecule has 0 heterocycles. The Hall–Kier alpha value is -3.66. The zero-order valence-electron chi connectivity index (χ0n) is 14.2. The zero-order valence-corrected chi connectivity index (χ0v) is 14.2. The van der Waals surface area contributed by atoms with Crippen molar-refractivity contribution in [3.63, 3.8) is 0 Å². The van der Waals surface area contributed by atoms with Gasteiger partial charge in [-0.15, -0.1) is 0 Å². The molecule has 4 rings (SSSR count). The standard InChI is InChI=1S/C23H15FO3/c24-19-12-10-16(11-13-19)22-20(25)6-3-7-21(22)27-23(26)18-9-8-15-4-1-2-5-17(15)14-18/h1-14,25H. The van der Waals surface area contributed by atoms with Crippen LogP contribution in [-0.4, -0.2) is 11.1 Å². The van der Waals surface area contributed by atoms with E-state index in [1.165, 1.54) is 30.3 Å². The molecule has 0 spiro atoms. The third-order valence-electron chi connectivity index (χ3n) is 4.32. The molecule has 4 aromatic rings. The monoisotopic (exact) mass is 358 g/mol. The summed E-state index contributed by atoms with van der Waals surface area (Å²) in [5.41, 5.74) is 1.30. The van der Waals surface area contributed by atoms with Crippen molar-refractivity contribution in [1.29, 1.82) is 0 Å². The molecular weight excluding hydrogens is 343 g/mol. The van der Waals surface area contributed by atoms with E-state index in [1.807, 2.05) is 30.3 Å². The zero-order chi connectivity index (χ0) is 18.8. The number of rotatable bonds is 3. The number of hydrogen-bond donors (Lipinski definition) is 1. The van der Waals surface area contributed by atoms with Gasteiger partial charge in [0, 0.05) is 0 Å². The number of halogens is 1. The van der Waals surface area contributed by atoms with Crippen LogP contribution in [0, 0.1) is 5.82 Å². The molecule has 4 aromatic carbocycles. The van der Waals surface area contributed by atoms with Gasteiger partial charge in [0.1, 0.15) is 17.3 Å². The molecule has 1 N–H and O–H groups in total. The minimum atomic E-state index is -0.533. The Balaban J connectivity index is 1.70. The molecule has 0 amide bonds. The van der Waals surface area contributed by atoms with Crippen molar-refractivity contribution in [3.8, 4) is 22.6 Å². The van der Waals surface area contributed by atoms with Crippen LogP contribution in [0.15, 0.2) is 84.9 Å². The molecule has 27 heavy (non-hydrogen) atoms. The van der Waals surface area contributed by atoms with E-state index in [0.29, 0.717) is 16.7 Å². The summed E-state index contributed by atoms with van der Waals surface area (Å²) >= 11 is 0. The van der Waals surface area contributed by atoms with Crippen molar-refractivity contribution in [3.05, 3.63) is 96.3 Å². The average Bonchev–Trinajstić information content (AvgIpc) is 2.69. The first-order chi connectivity index (χ1) is 13.1. The van der Waals surface area contributed by atoms with Gasteiger partial charge in [-0.25, -0.2) is 9.18 Å². The van der Waals surface area contributed by atoms with Crippen LogP contribution in [0.25, 0.3) is 21.9 Å². The third kappa shape index (κ3) is 3.37. The molecule has 0 fully saturated rings. The molecule has 3 nitrogen and oxygen atoms in total. The Bertz CT molecular complexity index is 1130. The summed E-state index contributed by atoms with van der Waals surface area (Å²) < 4.78 is 18.8. The fourth-order valence-electron chi connectivity index (χ4n) is 2.99. The second-order valence-corrected chi connectivity index (χ2v) is 6.11. The number of benzene rings is 4. The molecule has 4 heteroatoms. The predicted molar refractivity (Wildman–Crippen MR) is 102 cm³/mol. The van der Waals surface area contributed by atoms with Crippen LogP contribution in [0.2, 0.25) is 0 Å². The number of fused-ring (bicyclic) bond motifs is 1. The number of carbonyl (C=O) groups excluding carboxylic acids is 1. The summed E-state index contributed by atoms with van der Waals surface area (Å²) in [5.74, 6) is -0.760. The lowest BCUT2D eigenvalue weighted by Gasteiger charge is -2.12. The van der Waals surface area contributed by atoms with Gasteiger partial charge in [0.05, 0.1) is 11.1 Å². The van der Waals surface area contributed by atoms with Gasteiger partial charge < -0.3 is 9.84 Å². The predicted octanol–water partition coefficient (Wildman–Crippen LogP) is 5.57. The summed E-state index contributed by atoms with van der Waals surface area (Å²) in [6, 6.07) is 23.3. The van der Waals surface area contributed by atoms with E-state index in [1.54, 1.807) is 24.3 Å². The van der Waals surface area contributed by atoms with Crippen molar-refractivity contribution < 1.29 is 19.0 Å². The van der Waals surface area contributed by atoms with E-state index >= 15 is 0 Å². The van der Waals surface area contributed by atoms with Gasteiger partial charge in [-0.1, -0.05) is 48.5 Å². The average molecular weight is 358 g/mol. The second kappa shape index (κ2) is 6.92. The fraction of sp³-hybridized carbons (Fsp3) is 0. The first kappa shape index (κ1) is 16.8. The topological polar surface area (TPSA) is 46.5 Å². The summed E-state index contributed by atoms with van der Waals surface area (Å²) in [5, 5.41) is 12.2. The van der Waals surface area contributed by atoms with Crippen LogP contribution >= 0.6 is 0 Å². The van der Waals surface area contributed by atoms with Gasteiger partial charge >= 0.3 is 5.97 Å². The number of esters is 1. The molecule has 0 saturated heterocycles. The highest BCUT2D eigenvalue weighted by Gasteiger charge is 2.16. The Labute approximate surface area is 155 Å². The van der Waals surface area contributed by atoms with Crippen LogP contribution in [0.1, 0.15) is 10.4 Å². The highest BCUT2D eigenvalue weighted by Crippen LogP contribution is 2.38. The Kier molecular flexibility index (Phi) is 4.30. The highest BCUT2D eigenvalue weighted by atomic mass is 19.1. The summed E-state index contributed by atoms with van der Waals surface area (Å²) in [6.45, 7) is 0. The summed E-state index contributed by atoms with van der Waals surface area (Å²) in [4.78, 5) is 12.6. The van der Waals surface area contributed by atoms with Crippen molar-refractivity contribution in [2.75, 3.05) is 0 Å². The van der Waals surface area contributed by atoms with E-state index in [2.05, 4.69) is 0 Å². The van der Waals surface area contributed by atoms with Gasteiger partial charge in [0.2, 0.25) is 0 Å². The number of phenols is 1. The van der Waals surface area contributed by atoms with Crippen molar-refractivity contribution >= 4 is 16.7 Å². The van der Waals surface area contributed by atoms with Crippen LogP contribution in [0.4, 0.5) is 4.39 Å². The SMILES string of the molecule is O=C(Oc1cccc(O)c1-c1ccc(F)cc1)c1ccc2ccccc2c1. The number of hydrogen-bond acceptors (Lipinski definition) is 3. The van der Waals surface area contributed by atoms with Gasteiger partial charge in [0.25, 0.3) is 0 Å². The van der Waals surface area contributed by atoms with Gasteiger partial charge in [0.15, 0.2) is 0 Å². The maximum absolute atomic E-state index is 13.2. The maximum Gasteiger partial charge on any atom is 0.343 e. The van der Waals surface area contributed by atoms with Gasteiger partial charge in [-0.3, -0.25) is 0 Å². The number of phenolic OH excluding ortho intramolecular Hbond substituents is 1. The molecule has 0 unspecified atom stereocenters. The molecule has 0 aliphatic rings. The quantitative estimate of drug-likeness (QED) is 0.385. The lowest BCUT2D eigenvalue weighted by Crippen LogP contribution is -2.09. The molecule has 0 aromatic heterocycles. The van der Waals surface area contributed by atoms with Crippen molar-refractivity contribution in [2.24, 2.45) is 0 Å².